The van der Waals surface area contributed by atoms with Gasteiger partial charge in [-0.1, -0.05) is 24.3 Å². The van der Waals surface area contributed by atoms with E-state index < -0.39 is 6.03 Å². The van der Waals surface area contributed by atoms with E-state index in [0.717, 1.165) is 11.3 Å². The van der Waals surface area contributed by atoms with Gasteiger partial charge in [0.1, 0.15) is 5.75 Å². The van der Waals surface area contributed by atoms with Gasteiger partial charge in [-0.05, 0) is 45.0 Å². The maximum absolute atomic E-state index is 12.5. The van der Waals surface area contributed by atoms with E-state index in [0.29, 0.717) is 11.3 Å². The molecule has 2 aromatic carbocycles. The molecule has 0 saturated carbocycles. The third kappa shape index (κ3) is 5.24. The van der Waals surface area contributed by atoms with Crippen LogP contribution in [0.3, 0.4) is 0 Å². The Kier molecular flexibility index (Phi) is 6.00. The van der Waals surface area contributed by atoms with E-state index in [1.165, 1.54) is 0 Å². The lowest BCUT2D eigenvalue weighted by molar-refractivity contribution is 0.0939. The second-order valence-electron chi connectivity index (χ2n) is 5.97. The van der Waals surface area contributed by atoms with Crippen LogP contribution in [0.5, 0.6) is 5.75 Å². The van der Waals surface area contributed by atoms with E-state index in [2.05, 4.69) is 10.6 Å². The first-order chi connectivity index (χ1) is 11.9. The molecule has 6 nitrogen and oxygen atoms in total. The quantitative estimate of drug-likeness (QED) is 0.751. The molecular formula is C19H23N3O3. The highest BCUT2D eigenvalue weighted by Gasteiger charge is 2.16. The molecule has 132 valence electrons. The fraction of sp³-hybridized carbons (Fsp3) is 0.263. The SMILES string of the molecule is CC(C)Oc1ccccc1[C@@H](C)NC(=O)c1cccc(NC(N)=O)c1. The molecule has 0 fully saturated rings. The van der Waals surface area contributed by atoms with Crippen molar-refractivity contribution in [1.82, 2.24) is 5.32 Å². The van der Waals surface area contributed by atoms with Crippen LogP contribution in [-0.2, 0) is 0 Å². The number of carbonyl (C=O) groups excluding carboxylic acids is 2. The third-order valence-electron chi connectivity index (χ3n) is 3.49. The Morgan fingerprint density at radius 3 is 2.44 bits per heavy atom. The zero-order chi connectivity index (χ0) is 18.4. The van der Waals surface area contributed by atoms with E-state index in [9.17, 15) is 9.59 Å². The van der Waals surface area contributed by atoms with Crippen LogP contribution in [0.4, 0.5) is 10.5 Å². The van der Waals surface area contributed by atoms with Crippen LogP contribution in [-0.4, -0.2) is 18.0 Å². The van der Waals surface area contributed by atoms with Gasteiger partial charge in [-0.15, -0.1) is 0 Å². The lowest BCUT2D eigenvalue weighted by Gasteiger charge is -2.20. The summed E-state index contributed by atoms with van der Waals surface area (Å²) in [5.74, 6) is 0.495. The molecule has 0 saturated heterocycles. The molecule has 0 radical (unpaired) electrons. The molecule has 4 N–H and O–H groups in total. The smallest absolute Gasteiger partial charge is 0.316 e. The van der Waals surface area contributed by atoms with Crippen LogP contribution >= 0.6 is 0 Å². The number of benzene rings is 2. The molecule has 25 heavy (non-hydrogen) atoms. The van der Waals surface area contributed by atoms with Gasteiger partial charge in [-0.3, -0.25) is 4.79 Å². The minimum Gasteiger partial charge on any atom is -0.491 e. The van der Waals surface area contributed by atoms with Crippen molar-refractivity contribution in [2.24, 2.45) is 5.73 Å². The van der Waals surface area contributed by atoms with Crippen molar-refractivity contribution in [1.29, 1.82) is 0 Å². The summed E-state index contributed by atoms with van der Waals surface area (Å²) in [5, 5.41) is 5.40. The molecule has 0 spiro atoms. The number of hydrogen-bond acceptors (Lipinski definition) is 3. The summed E-state index contributed by atoms with van der Waals surface area (Å²) in [4.78, 5) is 23.4. The average Bonchev–Trinajstić information content (AvgIpc) is 2.54. The van der Waals surface area contributed by atoms with Gasteiger partial charge in [0.05, 0.1) is 12.1 Å². The molecular weight excluding hydrogens is 318 g/mol. The second kappa shape index (κ2) is 8.19. The number of nitrogens with two attached hydrogens (primary N) is 1. The van der Waals surface area contributed by atoms with Crippen LogP contribution in [0, 0.1) is 0 Å². The zero-order valence-electron chi connectivity index (χ0n) is 14.6. The van der Waals surface area contributed by atoms with Gasteiger partial charge in [0, 0.05) is 16.8 Å². The summed E-state index contributed by atoms with van der Waals surface area (Å²) in [6, 6.07) is 13.3. The van der Waals surface area contributed by atoms with Crippen LogP contribution in [0.1, 0.15) is 42.7 Å². The van der Waals surface area contributed by atoms with Crippen molar-refractivity contribution in [2.45, 2.75) is 32.9 Å². The van der Waals surface area contributed by atoms with Crippen molar-refractivity contribution < 1.29 is 14.3 Å². The number of ether oxygens (including phenoxy) is 1. The number of urea groups is 1. The van der Waals surface area contributed by atoms with E-state index in [4.69, 9.17) is 10.5 Å². The Hall–Kier alpha value is -3.02. The minimum absolute atomic E-state index is 0.0422. The summed E-state index contributed by atoms with van der Waals surface area (Å²) in [6.07, 6.45) is 0.0422. The highest BCUT2D eigenvalue weighted by atomic mass is 16.5. The molecule has 0 bridgehead atoms. The van der Waals surface area contributed by atoms with Crippen molar-refractivity contribution in [3.63, 3.8) is 0 Å². The molecule has 0 aliphatic heterocycles. The van der Waals surface area contributed by atoms with Crippen LogP contribution in [0.15, 0.2) is 48.5 Å². The van der Waals surface area contributed by atoms with Crippen LogP contribution < -0.4 is 21.1 Å². The van der Waals surface area contributed by atoms with Gasteiger partial charge in [-0.2, -0.15) is 0 Å². The zero-order valence-corrected chi connectivity index (χ0v) is 14.6. The summed E-state index contributed by atoms with van der Waals surface area (Å²) in [5.41, 5.74) is 6.90. The van der Waals surface area contributed by atoms with E-state index in [1.807, 2.05) is 45.0 Å². The van der Waals surface area contributed by atoms with Gasteiger partial charge in [0.2, 0.25) is 0 Å². The number of nitrogens with one attached hydrogen (secondary N) is 2. The van der Waals surface area contributed by atoms with E-state index >= 15 is 0 Å². The molecule has 0 heterocycles. The summed E-state index contributed by atoms with van der Waals surface area (Å²) >= 11 is 0. The fourth-order valence-corrected chi connectivity index (χ4v) is 2.44. The Morgan fingerprint density at radius 1 is 1.04 bits per heavy atom. The lowest BCUT2D eigenvalue weighted by atomic mass is 10.1. The highest BCUT2D eigenvalue weighted by Crippen LogP contribution is 2.26. The average molecular weight is 341 g/mol. The predicted molar refractivity (Wildman–Crippen MR) is 97.7 cm³/mol. The molecule has 6 heteroatoms. The number of hydrogen-bond donors (Lipinski definition) is 3. The topological polar surface area (TPSA) is 93.4 Å². The van der Waals surface area contributed by atoms with Crippen LogP contribution in [0.25, 0.3) is 0 Å². The van der Waals surface area contributed by atoms with Crippen LogP contribution in [0.2, 0.25) is 0 Å². The summed E-state index contributed by atoms with van der Waals surface area (Å²) in [6.45, 7) is 5.81. The highest BCUT2D eigenvalue weighted by molar-refractivity contribution is 5.96. The fourth-order valence-electron chi connectivity index (χ4n) is 2.44. The van der Waals surface area contributed by atoms with Gasteiger partial charge in [0.15, 0.2) is 0 Å². The van der Waals surface area contributed by atoms with Gasteiger partial charge in [-0.25, -0.2) is 4.79 Å². The Balaban J connectivity index is 2.14. The Morgan fingerprint density at radius 2 is 1.76 bits per heavy atom. The maximum Gasteiger partial charge on any atom is 0.316 e. The van der Waals surface area contributed by atoms with Crippen molar-refractivity contribution >= 4 is 17.6 Å². The number of para-hydroxylation sites is 1. The first kappa shape index (κ1) is 18.3. The summed E-state index contributed by atoms with van der Waals surface area (Å²) in [7, 11) is 0. The van der Waals surface area contributed by atoms with Crippen molar-refractivity contribution in [2.75, 3.05) is 5.32 Å². The first-order valence-corrected chi connectivity index (χ1v) is 8.09. The molecule has 3 amide bonds. The number of primary amides is 1. The normalized spacial score (nSPS) is 11.7. The second-order valence-corrected chi connectivity index (χ2v) is 5.97. The van der Waals surface area contributed by atoms with E-state index in [-0.39, 0.29) is 18.1 Å². The molecule has 0 aliphatic carbocycles. The molecule has 0 aromatic heterocycles. The standard InChI is InChI=1S/C19H23N3O3/c1-12(2)25-17-10-5-4-9-16(17)13(3)21-18(23)14-7-6-8-15(11-14)22-19(20)24/h4-13H,1-3H3,(H,21,23)(H3,20,22,24)/t13-/m1/s1. The molecule has 0 aliphatic rings. The van der Waals surface area contributed by atoms with Crippen molar-refractivity contribution in [3.05, 3.63) is 59.7 Å². The maximum atomic E-state index is 12.5. The number of rotatable bonds is 6. The number of amides is 3. The molecule has 1 atom stereocenters. The third-order valence-corrected chi connectivity index (χ3v) is 3.49. The predicted octanol–water partition coefficient (Wildman–Crippen LogP) is 3.46. The first-order valence-electron chi connectivity index (χ1n) is 8.09. The largest absolute Gasteiger partial charge is 0.491 e. The summed E-state index contributed by atoms with van der Waals surface area (Å²) < 4.78 is 5.80. The monoisotopic (exact) mass is 341 g/mol. The Labute approximate surface area is 147 Å². The minimum atomic E-state index is -0.675. The lowest BCUT2D eigenvalue weighted by Crippen LogP contribution is -2.27. The molecule has 0 unspecified atom stereocenters. The number of carbonyl (C=O) groups is 2. The van der Waals surface area contributed by atoms with E-state index in [1.54, 1.807) is 24.3 Å². The van der Waals surface area contributed by atoms with Crippen molar-refractivity contribution in [3.8, 4) is 5.75 Å². The van der Waals surface area contributed by atoms with Gasteiger partial charge < -0.3 is 21.1 Å². The molecule has 2 rings (SSSR count). The number of anilines is 1. The van der Waals surface area contributed by atoms with Gasteiger partial charge >= 0.3 is 6.03 Å². The Bertz CT molecular complexity index is 759. The van der Waals surface area contributed by atoms with Gasteiger partial charge in [0.25, 0.3) is 5.91 Å². The molecule has 2 aromatic rings.